The van der Waals surface area contributed by atoms with Crippen LogP contribution in [-0.4, -0.2) is 12.4 Å². The zero-order valence-corrected chi connectivity index (χ0v) is 12.5. The molecule has 0 bridgehead atoms. The average molecular weight is 293 g/mol. The number of ether oxygens (including phenoxy) is 1. The molecule has 100 valence electrons. The average Bonchev–Trinajstić information content (AvgIpc) is 2.44. The maximum Gasteiger partial charge on any atom is 0.138 e. The fourth-order valence-corrected chi connectivity index (χ4v) is 2.38. The molecule has 2 aromatic rings. The summed E-state index contributed by atoms with van der Waals surface area (Å²) in [5.74, 6) is 1.75. The van der Waals surface area contributed by atoms with Crippen LogP contribution in [0.1, 0.15) is 17.0 Å². The Labute approximate surface area is 125 Å². The van der Waals surface area contributed by atoms with Gasteiger partial charge < -0.3 is 4.74 Å². The lowest BCUT2D eigenvalue weighted by atomic mass is 10.0. The summed E-state index contributed by atoms with van der Waals surface area (Å²) in [4.78, 5) is 0. The summed E-state index contributed by atoms with van der Waals surface area (Å²) in [6, 6.07) is 16.1. The summed E-state index contributed by atoms with van der Waals surface area (Å²) in [5, 5.41) is 0.650. The second kappa shape index (κ2) is 6.88. The van der Waals surface area contributed by atoms with Gasteiger partial charge in [-0.15, -0.1) is 0 Å². The molecule has 1 nitrogen and oxygen atoms in total. The highest BCUT2D eigenvalue weighted by molar-refractivity contribution is 7.80. The molecule has 0 saturated carbocycles. The Bertz CT molecular complexity index is 528. The number of thiol groups is 1. The molecule has 0 aliphatic rings. The van der Waals surface area contributed by atoms with Crippen LogP contribution in [0.5, 0.6) is 5.75 Å². The van der Waals surface area contributed by atoms with E-state index < -0.39 is 0 Å². The van der Waals surface area contributed by atoms with Crippen LogP contribution >= 0.6 is 24.2 Å². The minimum atomic E-state index is 0.265. The lowest BCUT2D eigenvalue weighted by Crippen LogP contribution is -2.12. The molecule has 0 aromatic heterocycles. The van der Waals surface area contributed by atoms with Crippen molar-refractivity contribution in [1.29, 1.82) is 0 Å². The zero-order valence-electron chi connectivity index (χ0n) is 10.8. The fraction of sp³-hybridized carbons (Fsp3) is 0.250. The van der Waals surface area contributed by atoms with Crippen molar-refractivity contribution in [3.8, 4) is 5.75 Å². The van der Waals surface area contributed by atoms with Gasteiger partial charge in [0.05, 0.1) is 11.6 Å². The smallest absolute Gasteiger partial charge is 0.138 e. The van der Waals surface area contributed by atoms with E-state index in [9.17, 15) is 0 Å². The van der Waals surface area contributed by atoms with Crippen molar-refractivity contribution in [3.05, 3.63) is 64.7 Å². The largest absolute Gasteiger partial charge is 0.491 e. The van der Waals surface area contributed by atoms with Crippen LogP contribution in [0.25, 0.3) is 0 Å². The van der Waals surface area contributed by atoms with Crippen molar-refractivity contribution < 1.29 is 4.74 Å². The van der Waals surface area contributed by atoms with Gasteiger partial charge in [-0.2, -0.15) is 12.6 Å². The van der Waals surface area contributed by atoms with E-state index >= 15 is 0 Å². The van der Waals surface area contributed by atoms with Gasteiger partial charge in [0.2, 0.25) is 0 Å². The number of hydrogen-bond acceptors (Lipinski definition) is 2. The standard InChI is InChI=1S/C16H17ClOS/c1-12-7-8-15(17)16(9-12)18-10-14(11-19)13-5-3-2-4-6-13/h2-9,14,19H,10-11H2,1H3. The van der Waals surface area contributed by atoms with E-state index in [0.29, 0.717) is 11.6 Å². The molecule has 0 radical (unpaired) electrons. The molecule has 0 aliphatic heterocycles. The summed E-state index contributed by atoms with van der Waals surface area (Å²) in [6.07, 6.45) is 0. The van der Waals surface area contributed by atoms with E-state index in [4.69, 9.17) is 16.3 Å². The molecule has 0 fully saturated rings. The van der Waals surface area contributed by atoms with Crippen molar-refractivity contribution >= 4 is 24.2 Å². The first kappa shape index (κ1) is 14.3. The van der Waals surface area contributed by atoms with E-state index in [2.05, 4.69) is 24.8 Å². The predicted octanol–water partition coefficient (Wildman–Crippen LogP) is 4.74. The monoisotopic (exact) mass is 292 g/mol. The molecular weight excluding hydrogens is 276 g/mol. The number of rotatable bonds is 5. The molecule has 0 heterocycles. The molecule has 0 saturated heterocycles. The fourth-order valence-electron chi connectivity index (χ4n) is 1.89. The molecule has 2 rings (SSSR count). The Morgan fingerprint density at radius 3 is 2.58 bits per heavy atom. The highest BCUT2D eigenvalue weighted by Crippen LogP contribution is 2.27. The minimum Gasteiger partial charge on any atom is -0.491 e. The maximum absolute atomic E-state index is 6.12. The zero-order chi connectivity index (χ0) is 13.7. The van der Waals surface area contributed by atoms with Gasteiger partial charge in [0.25, 0.3) is 0 Å². The van der Waals surface area contributed by atoms with Crippen LogP contribution < -0.4 is 4.74 Å². The van der Waals surface area contributed by atoms with Gasteiger partial charge in [0.1, 0.15) is 5.75 Å². The summed E-state index contributed by atoms with van der Waals surface area (Å²) in [6.45, 7) is 2.60. The Balaban J connectivity index is 2.06. The molecule has 0 spiro atoms. The van der Waals surface area contributed by atoms with E-state index in [0.717, 1.165) is 17.1 Å². The van der Waals surface area contributed by atoms with Crippen molar-refractivity contribution in [2.75, 3.05) is 12.4 Å². The third-order valence-electron chi connectivity index (χ3n) is 3.02. The molecule has 1 atom stereocenters. The number of benzene rings is 2. The first-order chi connectivity index (χ1) is 9.20. The highest BCUT2D eigenvalue weighted by Gasteiger charge is 2.11. The second-order valence-corrected chi connectivity index (χ2v) is 5.31. The lowest BCUT2D eigenvalue weighted by molar-refractivity contribution is 0.298. The van der Waals surface area contributed by atoms with Gasteiger partial charge in [0, 0.05) is 11.7 Å². The Morgan fingerprint density at radius 2 is 1.89 bits per heavy atom. The summed E-state index contributed by atoms with van der Waals surface area (Å²) in [5.41, 5.74) is 2.38. The molecule has 0 N–H and O–H groups in total. The van der Waals surface area contributed by atoms with Crippen LogP contribution in [0, 0.1) is 6.92 Å². The van der Waals surface area contributed by atoms with Crippen molar-refractivity contribution in [3.63, 3.8) is 0 Å². The summed E-state index contributed by atoms with van der Waals surface area (Å²) < 4.78 is 5.84. The quantitative estimate of drug-likeness (QED) is 0.783. The van der Waals surface area contributed by atoms with Gasteiger partial charge in [-0.25, -0.2) is 0 Å². The van der Waals surface area contributed by atoms with E-state index in [1.54, 1.807) is 0 Å². The van der Waals surface area contributed by atoms with Crippen LogP contribution in [0.3, 0.4) is 0 Å². The van der Waals surface area contributed by atoms with Gasteiger partial charge in [-0.05, 0) is 30.2 Å². The molecular formula is C16H17ClOS. The van der Waals surface area contributed by atoms with Crippen molar-refractivity contribution in [2.24, 2.45) is 0 Å². The van der Waals surface area contributed by atoms with Crippen molar-refractivity contribution in [1.82, 2.24) is 0 Å². The molecule has 3 heteroatoms. The molecule has 0 amide bonds. The number of hydrogen-bond donors (Lipinski definition) is 1. The normalized spacial score (nSPS) is 12.2. The van der Waals surface area contributed by atoms with Gasteiger partial charge in [-0.1, -0.05) is 48.0 Å². The van der Waals surface area contributed by atoms with E-state index in [-0.39, 0.29) is 5.92 Å². The molecule has 19 heavy (non-hydrogen) atoms. The summed E-state index contributed by atoms with van der Waals surface area (Å²) >= 11 is 10.5. The number of halogens is 1. The third kappa shape index (κ3) is 3.92. The van der Waals surface area contributed by atoms with Crippen LogP contribution in [0.2, 0.25) is 5.02 Å². The Morgan fingerprint density at radius 1 is 1.16 bits per heavy atom. The van der Waals surface area contributed by atoms with Gasteiger partial charge in [-0.3, -0.25) is 0 Å². The molecule has 2 aromatic carbocycles. The SMILES string of the molecule is Cc1ccc(Cl)c(OCC(CS)c2ccccc2)c1. The van der Waals surface area contributed by atoms with Crippen LogP contribution in [0.15, 0.2) is 48.5 Å². The van der Waals surface area contributed by atoms with Crippen molar-refractivity contribution in [2.45, 2.75) is 12.8 Å². The van der Waals surface area contributed by atoms with E-state index in [1.807, 2.05) is 43.3 Å². The second-order valence-electron chi connectivity index (χ2n) is 4.54. The number of aryl methyl sites for hydroxylation is 1. The molecule has 0 aliphatic carbocycles. The van der Waals surface area contributed by atoms with Gasteiger partial charge >= 0.3 is 0 Å². The first-order valence-corrected chi connectivity index (χ1v) is 7.26. The van der Waals surface area contributed by atoms with E-state index in [1.165, 1.54) is 5.56 Å². The van der Waals surface area contributed by atoms with Gasteiger partial charge in [0.15, 0.2) is 0 Å². The topological polar surface area (TPSA) is 9.23 Å². The molecule has 1 unspecified atom stereocenters. The Kier molecular flexibility index (Phi) is 5.17. The lowest BCUT2D eigenvalue weighted by Gasteiger charge is -2.17. The minimum absolute atomic E-state index is 0.265. The Hall–Kier alpha value is -1.12. The predicted molar refractivity (Wildman–Crippen MR) is 84.7 cm³/mol. The third-order valence-corrected chi connectivity index (χ3v) is 3.77. The summed E-state index contributed by atoms with van der Waals surface area (Å²) in [7, 11) is 0. The first-order valence-electron chi connectivity index (χ1n) is 6.25. The van der Waals surface area contributed by atoms with Crippen LogP contribution in [-0.2, 0) is 0 Å². The highest BCUT2D eigenvalue weighted by atomic mass is 35.5. The maximum atomic E-state index is 6.12. The van der Waals surface area contributed by atoms with Crippen LogP contribution in [0.4, 0.5) is 0 Å².